The molecular weight excluding hydrogens is 272 g/mol. The molecule has 0 aliphatic heterocycles. The van der Waals surface area contributed by atoms with Crippen LogP contribution in [0.15, 0.2) is 42.7 Å². The number of pyridine rings is 1. The molecule has 1 aromatic carbocycles. The second-order valence-electron chi connectivity index (χ2n) is 5.64. The SMILES string of the molecule is CC(C)(C)c1ccc(NC(=O)c2ccncc2Cl)cc1. The van der Waals surface area contributed by atoms with E-state index in [4.69, 9.17) is 11.6 Å². The molecule has 0 fully saturated rings. The molecule has 1 heterocycles. The van der Waals surface area contributed by atoms with E-state index in [0.717, 1.165) is 5.69 Å². The second-order valence-corrected chi connectivity index (χ2v) is 6.04. The lowest BCUT2D eigenvalue weighted by Crippen LogP contribution is -2.14. The summed E-state index contributed by atoms with van der Waals surface area (Å²) in [6.45, 7) is 6.45. The molecule has 0 aliphatic rings. The number of nitrogens with zero attached hydrogens (tertiary/aromatic N) is 1. The molecule has 1 N–H and O–H groups in total. The molecule has 1 aromatic heterocycles. The molecular formula is C16H17ClN2O. The Kier molecular flexibility index (Phi) is 4.09. The molecule has 0 unspecified atom stereocenters. The van der Waals surface area contributed by atoms with Crippen molar-refractivity contribution in [2.45, 2.75) is 26.2 Å². The van der Waals surface area contributed by atoms with Crippen molar-refractivity contribution >= 4 is 23.2 Å². The molecule has 0 saturated heterocycles. The topological polar surface area (TPSA) is 42.0 Å². The average Bonchev–Trinajstić information content (AvgIpc) is 2.38. The van der Waals surface area contributed by atoms with Gasteiger partial charge >= 0.3 is 0 Å². The molecule has 0 atom stereocenters. The van der Waals surface area contributed by atoms with Crippen molar-refractivity contribution in [3.63, 3.8) is 0 Å². The van der Waals surface area contributed by atoms with Gasteiger partial charge in [0.1, 0.15) is 0 Å². The van der Waals surface area contributed by atoms with Crippen molar-refractivity contribution in [2.75, 3.05) is 5.32 Å². The van der Waals surface area contributed by atoms with Crippen LogP contribution in [0.2, 0.25) is 5.02 Å². The maximum absolute atomic E-state index is 12.1. The van der Waals surface area contributed by atoms with Gasteiger partial charge in [0.25, 0.3) is 5.91 Å². The predicted octanol–water partition coefficient (Wildman–Crippen LogP) is 4.28. The van der Waals surface area contributed by atoms with Crippen molar-refractivity contribution in [1.29, 1.82) is 0 Å². The molecule has 104 valence electrons. The van der Waals surface area contributed by atoms with E-state index in [-0.39, 0.29) is 11.3 Å². The van der Waals surface area contributed by atoms with Gasteiger partial charge in [-0.25, -0.2) is 0 Å². The van der Waals surface area contributed by atoms with E-state index in [9.17, 15) is 4.79 Å². The number of aromatic nitrogens is 1. The molecule has 20 heavy (non-hydrogen) atoms. The minimum absolute atomic E-state index is 0.0942. The number of benzene rings is 1. The van der Waals surface area contributed by atoms with Gasteiger partial charge in [0.05, 0.1) is 10.6 Å². The van der Waals surface area contributed by atoms with Gasteiger partial charge in [0.15, 0.2) is 0 Å². The van der Waals surface area contributed by atoms with Crippen molar-refractivity contribution < 1.29 is 4.79 Å². The van der Waals surface area contributed by atoms with Gasteiger partial charge in [-0.15, -0.1) is 0 Å². The number of carbonyl (C=O) groups is 1. The van der Waals surface area contributed by atoms with Crippen LogP contribution < -0.4 is 5.32 Å². The number of nitrogens with one attached hydrogen (secondary N) is 1. The summed E-state index contributed by atoms with van der Waals surface area (Å²) in [5.74, 6) is -0.235. The quantitative estimate of drug-likeness (QED) is 0.896. The zero-order valence-electron chi connectivity index (χ0n) is 11.8. The lowest BCUT2D eigenvalue weighted by Gasteiger charge is -2.19. The molecule has 0 radical (unpaired) electrons. The highest BCUT2D eigenvalue weighted by molar-refractivity contribution is 6.34. The van der Waals surface area contributed by atoms with E-state index in [1.54, 1.807) is 12.3 Å². The Bertz CT molecular complexity index is 615. The fourth-order valence-corrected chi connectivity index (χ4v) is 2.02. The van der Waals surface area contributed by atoms with E-state index in [2.05, 4.69) is 31.1 Å². The fraction of sp³-hybridized carbons (Fsp3) is 0.250. The summed E-state index contributed by atoms with van der Waals surface area (Å²) < 4.78 is 0. The van der Waals surface area contributed by atoms with Crippen LogP contribution >= 0.6 is 11.6 Å². The summed E-state index contributed by atoms with van der Waals surface area (Å²) in [6.07, 6.45) is 3.00. The summed E-state index contributed by atoms with van der Waals surface area (Å²) in [7, 11) is 0. The second kappa shape index (κ2) is 5.63. The monoisotopic (exact) mass is 288 g/mol. The summed E-state index contributed by atoms with van der Waals surface area (Å²) in [5.41, 5.74) is 2.48. The zero-order valence-corrected chi connectivity index (χ0v) is 12.5. The minimum atomic E-state index is -0.235. The van der Waals surface area contributed by atoms with Crippen LogP contribution in [0.1, 0.15) is 36.7 Å². The Hall–Kier alpha value is -1.87. The standard InChI is InChI=1S/C16H17ClN2O/c1-16(2,3)11-4-6-12(7-5-11)19-15(20)13-8-9-18-10-14(13)17/h4-10H,1-3H3,(H,19,20). The summed E-state index contributed by atoms with van der Waals surface area (Å²) in [4.78, 5) is 16.0. The maximum atomic E-state index is 12.1. The van der Waals surface area contributed by atoms with Gasteiger partial charge in [-0.3, -0.25) is 9.78 Å². The van der Waals surface area contributed by atoms with Crippen molar-refractivity contribution in [1.82, 2.24) is 4.98 Å². The third-order valence-corrected chi connectivity index (χ3v) is 3.33. The first-order valence-corrected chi connectivity index (χ1v) is 6.77. The molecule has 4 heteroatoms. The van der Waals surface area contributed by atoms with Crippen molar-refractivity contribution in [3.8, 4) is 0 Å². The van der Waals surface area contributed by atoms with Gasteiger partial charge in [-0.2, -0.15) is 0 Å². The smallest absolute Gasteiger partial charge is 0.257 e. The zero-order chi connectivity index (χ0) is 14.8. The number of amides is 1. The number of hydrogen-bond acceptors (Lipinski definition) is 2. The van der Waals surface area contributed by atoms with Crippen LogP contribution in [0.5, 0.6) is 0 Å². The van der Waals surface area contributed by atoms with Crippen LogP contribution in [0.25, 0.3) is 0 Å². The lowest BCUT2D eigenvalue weighted by molar-refractivity contribution is 0.102. The first-order chi connectivity index (χ1) is 9.38. The Labute approximate surface area is 124 Å². The Morgan fingerprint density at radius 1 is 1.15 bits per heavy atom. The van der Waals surface area contributed by atoms with Crippen molar-refractivity contribution in [2.24, 2.45) is 0 Å². The summed E-state index contributed by atoms with van der Waals surface area (Å²) in [5, 5.41) is 3.17. The predicted molar refractivity (Wildman–Crippen MR) is 82.3 cm³/mol. The highest BCUT2D eigenvalue weighted by Gasteiger charge is 2.14. The van der Waals surface area contributed by atoms with Crippen LogP contribution in [-0.4, -0.2) is 10.9 Å². The molecule has 0 aliphatic carbocycles. The molecule has 3 nitrogen and oxygen atoms in total. The van der Waals surface area contributed by atoms with E-state index in [1.807, 2.05) is 24.3 Å². The summed E-state index contributed by atoms with van der Waals surface area (Å²) in [6, 6.07) is 9.43. The summed E-state index contributed by atoms with van der Waals surface area (Å²) >= 11 is 5.95. The highest BCUT2D eigenvalue weighted by Crippen LogP contribution is 2.24. The molecule has 2 rings (SSSR count). The van der Waals surface area contributed by atoms with Crippen LogP contribution in [-0.2, 0) is 5.41 Å². The average molecular weight is 289 g/mol. The molecule has 1 amide bonds. The maximum Gasteiger partial charge on any atom is 0.257 e. The van der Waals surface area contributed by atoms with E-state index >= 15 is 0 Å². The van der Waals surface area contributed by atoms with Crippen LogP contribution in [0.4, 0.5) is 5.69 Å². The number of hydrogen-bond donors (Lipinski definition) is 1. The molecule has 0 bridgehead atoms. The number of anilines is 1. The largest absolute Gasteiger partial charge is 0.322 e. The lowest BCUT2D eigenvalue weighted by atomic mass is 9.87. The van der Waals surface area contributed by atoms with Crippen molar-refractivity contribution in [3.05, 3.63) is 58.9 Å². The van der Waals surface area contributed by atoms with Crippen LogP contribution in [0.3, 0.4) is 0 Å². The molecule has 0 spiro atoms. The van der Waals surface area contributed by atoms with Gasteiger partial charge in [-0.1, -0.05) is 44.5 Å². The highest BCUT2D eigenvalue weighted by atomic mass is 35.5. The minimum Gasteiger partial charge on any atom is -0.322 e. The van der Waals surface area contributed by atoms with Gasteiger partial charge < -0.3 is 5.32 Å². The number of carbonyl (C=O) groups excluding carboxylic acids is 1. The first kappa shape index (κ1) is 14.5. The normalized spacial score (nSPS) is 11.2. The van der Waals surface area contributed by atoms with Gasteiger partial charge in [0, 0.05) is 18.1 Å². The molecule has 2 aromatic rings. The van der Waals surface area contributed by atoms with E-state index in [0.29, 0.717) is 10.6 Å². The van der Waals surface area contributed by atoms with Crippen LogP contribution in [0, 0.1) is 0 Å². The third-order valence-electron chi connectivity index (χ3n) is 3.03. The molecule has 0 saturated carbocycles. The van der Waals surface area contributed by atoms with Gasteiger partial charge in [0.2, 0.25) is 0 Å². The Balaban J connectivity index is 2.15. The Morgan fingerprint density at radius 2 is 1.80 bits per heavy atom. The van der Waals surface area contributed by atoms with Gasteiger partial charge in [-0.05, 0) is 29.2 Å². The Morgan fingerprint density at radius 3 is 2.35 bits per heavy atom. The van der Waals surface area contributed by atoms with E-state index < -0.39 is 0 Å². The van der Waals surface area contributed by atoms with E-state index in [1.165, 1.54) is 11.8 Å². The number of rotatable bonds is 2. The third kappa shape index (κ3) is 3.36. The fourth-order valence-electron chi connectivity index (χ4n) is 1.81. The first-order valence-electron chi connectivity index (χ1n) is 6.39. The number of halogens is 1.